The van der Waals surface area contributed by atoms with Crippen LogP contribution in [-0.4, -0.2) is 26.0 Å². The summed E-state index contributed by atoms with van der Waals surface area (Å²) in [5.74, 6) is 1.04. The number of aromatic nitrogens is 3. The number of nitrogens with zero attached hydrogens (tertiary/aromatic N) is 5. The minimum Gasteiger partial charge on any atom is -0.326 e. The summed E-state index contributed by atoms with van der Waals surface area (Å²) in [6.45, 7) is 4.61. The van der Waals surface area contributed by atoms with Crippen LogP contribution in [0.2, 0.25) is 0 Å². The minimum absolute atomic E-state index is 0.337. The van der Waals surface area contributed by atoms with Crippen LogP contribution in [0.1, 0.15) is 49.3 Å². The second-order valence-corrected chi connectivity index (χ2v) is 7.10. The number of pyridine rings is 1. The van der Waals surface area contributed by atoms with Crippen LogP contribution in [0.4, 0.5) is 0 Å². The third-order valence-corrected chi connectivity index (χ3v) is 5.54. The van der Waals surface area contributed by atoms with E-state index in [9.17, 15) is 0 Å². The molecule has 1 aromatic carbocycles. The van der Waals surface area contributed by atoms with Crippen molar-refractivity contribution in [1.82, 2.24) is 19.4 Å². The minimum atomic E-state index is 0.337. The van der Waals surface area contributed by atoms with Gasteiger partial charge in [-0.25, -0.2) is 4.98 Å². The van der Waals surface area contributed by atoms with E-state index in [-0.39, 0.29) is 0 Å². The van der Waals surface area contributed by atoms with E-state index in [1.165, 1.54) is 17.7 Å². The van der Waals surface area contributed by atoms with Crippen LogP contribution in [-0.2, 0) is 19.5 Å². The van der Waals surface area contributed by atoms with Crippen molar-refractivity contribution in [2.24, 2.45) is 0 Å². The van der Waals surface area contributed by atoms with Gasteiger partial charge in [0.15, 0.2) is 0 Å². The van der Waals surface area contributed by atoms with Gasteiger partial charge in [-0.15, -0.1) is 0 Å². The van der Waals surface area contributed by atoms with Gasteiger partial charge in [0.25, 0.3) is 0 Å². The maximum Gasteiger partial charge on any atom is 0.124 e. The van der Waals surface area contributed by atoms with Gasteiger partial charge in [-0.1, -0.05) is 25.1 Å². The Kier molecular flexibility index (Phi) is 5.17. The van der Waals surface area contributed by atoms with Crippen LogP contribution in [0.5, 0.6) is 0 Å². The zero-order valence-electron chi connectivity index (χ0n) is 15.8. The summed E-state index contributed by atoms with van der Waals surface area (Å²) in [6.07, 6.45) is 5.86. The first-order valence-corrected chi connectivity index (χ1v) is 9.80. The van der Waals surface area contributed by atoms with E-state index >= 15 is 0 Å². The highest BCUT2D eigenvalue weighted by atomic mass is 15.2. The Hall–Kier alpha value is -2.71. The number of hydrogen-bond donors (Lipinski definition) is 0. The number of nitriles is 1. The van der Waals surface area contributed by atoms with E-state index in [0.717, 1.165) is 42.8 Å². The fraction of sp³-hybridized carbons (Fsp3) is 0.409. The first kappa shape index (κ1) is 17.7. The highest BCUT2D eigenvalue weighted by molar-refractivity contribution is 5.75. The summed E-state index contributed by atoms with van der Waals surface area (Å²) in [5, 5.41) is 9.07. The molecule has 2 aromatic heterocycles. The lowest BCUT2D eigenvalue weighted by atomic mass is 9.91. The van der Waals surface area contributed by atoms with Gasteiger partial charge in [0.2, 0.25) is 0 Å². The number of imidazole rings is 1. The van der Waals surface area contributed by atoms with E-state index in [2.05, 4.69) is 40.7 Å². The second-order valence-electron chi connectivity index (χ2n) is 7.10. The molecule has 27 heavy (non-hydrogen) atoms. The summed E-state index contributed by atoms with van der Waals surface area (Å²) in [5.41, 5.74) is 4.72. The Morgan fingerprint density at radius 1 is 1.26 bits per heavy atom. The largest absolute Gasteiger partial charge is 0.326 e. The normalized spacial score (nSPS) is 16.4. The van der Waals surface area contributed by atoms with E-state index in [4.69, 9.17) is 15.2 Å². The Morgan fingerprint density at radius 3 is 3.00 bits per heavy atom. The van der Waals surface area contributed by atoms with Crippen molar-refractivity contribution in [1.29, 1.82) is 5.26 Å². The Labute approximate surface area is 160 Å². The standard InChI is InChI=1S/C22H25N5/c1-2-26(20-12-5-8-17-9-6-14-24-22(17)20)16-21-25-18-10-3-4-11-19(18)27(21)15-7-13-23/h3-4,6,9-11,14,20H,2,5,7-8,12,15-16H2,1H3. The van der Waals surface area contributed by atoms with Gasteiger partial charge < -0.3 is 4.57 Å². The molecule has 0 aliphatic heterocycles. The van der Waals surface area contributed by atoms with Gasteiger partial charge in [-0.05, 0) is 49.6 Å². The van der Waals surface area contributed by atoms with Crippen LogP contribution < -0.4 is 0 Å². The van der Waals surface area contributed by atoms with Gasteiger partial charge in [-0.3, -0.25) is 9.88 Å². The Bertz CT molecular complexity index is 968. The second kappa shape index (κ2) is 7.89. The molecule has 5 heteroatoms. The number of benzene rings is 1. The van der Waals surface area contributed by atoms with Crippen LogP contribution in [0.3, 0.4) is 0 Å². The van der Waals surface area contributed by atoms with Crippen molar-refractivity contribution in [3.05, 3.63) is 59.7 Å². The fourth-order valence-corrected chi connectivity index (χ4v) is 4.22. The summed E-state index contributed by atoms with van der Waals surface area (Å²) >= 11 is 0. The molecule has 0 N–H and O–H groups in total. The molecular weight excluding hydrogens is 334 g/mol. The number of hydrogen-bond acceptors (Lipinski definition) is 4. The molecule has 0 amide bonds. The van der Waals surface area contributed by atoms with Gasteiger partial charge in [0.05, 0.1) is 41.8 Å². The van der Waals surface area contributed by atoms with Crippen molar-refractivity contribution in [3.8, 4) is 6.07 Å². The third kappa shape index (κ3) is 3.45. The summed E-state index contributed by atoms with van der Waals surface area (Å²) in [7, 11) is 0. The smallest absolute Gasteiger partial charge is 0.124 e. The number of aryl methyl sites for hydroxylation is 2. The molecule has 1 atom stereocenters. The molecule has 1 unspecified atom stereocenters. The molecule has 0 fully saturated rings. The number of rotatable bonds is 6. The van der Waals surface area contributed by atoms with E-state index < -0.39 is 0 Å². The molecule has 0 bridgehead atoms. The first-order valence-electron chi connectivity index (χ1n) is 9.80. The zero-order chi connectivity index (χ0) is 18.6. The molecular formula is C22H25N5. The topological polar surface area (TPSA) is 57.7 Å². The monoisotopic (exact) mass is 359 g/mol. The van der Waals surface area contributed by atoms with Crippen LogP contribution in [0, 0.1) is 11.3 Å². The van der Waals surface area contributed by atoms with Crippen molar-refractivity contribution < 1.29 is 0 Å². The third-order valence-electron chi connectivity index (χ3n) is 5.54. The van der Waals surface area contributed by atoms with Gasteiger partial charge in [0.1, 0.15) is 5.82 Å². The molecule has 4 rings (SSSR count). The predicted molar refractivity (Wildman–Crippen MR) is 106 cm³/mol. The molecule has 0 spiro atoms. The molecule has 0 saturated carbocycles. The van der Waals surface area contributed by atoms with Gasteiger partial charge in [-0.2, -0.15) is 5.26 Å². The Morgan fingerprint density at radius 2 is 2.15 bits per heavy atom. The predicted octanol–water partition coefficient (Wildman–Crippen LogP) is 4.24. The van der Waals surface area contributed by atoms with Crippen LogP contribution in [0.15, 0.2) is 42.6 Å². The molecule has 1 aliphatic carbocycles. The lowest BCUT2D eigenvalue weighted by molar-refractivity contribution is 0.169. The van der Waals surface area contributed by atoms with Crippen molar-refractivity contribution in [2.45, 2.75) is 51.7 Å². The van der Waals surface area contributed by atoms with Crippen molar-refractivity contribution in [2.75, 3.05) is 6.54 Å². The van der Waals surface area contributed by atoms with E-state index in [0.29, 0.717) is 19.0 Å². The van der Waals surface area contributed by atoms with Crippen molar-refractivity contribution >= 4 is 11.0 Å². The molecule has 1 aliphatic rings. The average molecular weight is 359 g/mol. The highest BCUT2D eigenvalue weighted by Gasteiger charge is 2.27. The number of para-hydroxylation sites is 2. The molecule has 0 radical (unpaired) electrons. The molecule has 2 heterocycles. The molecule has 5 nitrogen and oxygen atoms in total. The molecule has 0 saturated heterocycles. The SMILES string of the molecule is CCN(Cc1nc2ccccc2n1CCC#N)C1CCCc2cccnc21. The van der Waals surface area contributed by atoms with E-state index in [1.807, 2.05) is 24.4 Å². The van der Waals surface area contributed by atoms with Crippen LogP contribution in [0.25, 0.3) is 11.0 Å². The van der Waals surface area contributed by atoms with Crippen molar-refractivity contribution in [3.63, 3.8) is 0 Å². The maximum absolute atomic E-state index is 9.07. The van der Waals surface area contributed by atoms with Gasteiger partial charge in [0, 0.05) is 12.7 Å². The lowest BCUT2D eigenvalue weighted by Crippen LogP contribution is -2.32. The lowest BCUT2D eigenvalue weighted by Gasteiger charge is -2.34. The van der Waals surface area contributed by atoms with Gasteiger partial charge >= 0.3 is 0 Å². The maximum atomic E-state index is 9.07. The summed E-state index contributed by atoms with van der Waals surface area (Å²) in [6, 6.07) is 15.1. The first-order chi connectivity index (χ1) is 13.3. The molecule has 3 aromatic rings. The molecule has 138 valence electrons. The zero-order valence-corrected chi connectivity index (χ0v) is 15.8. The summed E-state index contributed by atoms with van der Waals surface area (Å²) < 4.78 is 2.21. The van der Waals surface area contributed by atoms with Crippen LogP contribution >= 0.6 is 0 Å². The summed E-state index contributed by atoms with van der Waals surface area (Å²) in [4.78, 5) is 12.1. The average Bonchev–Trinajstić information content (AvgIpc) is 3.07. The fourth-order valence-electron chi connectivity index (χ4n) is 4.22. The highest BCUT2D eigenvalue weighted by Crippen LogP contribution is 2.33. The Balaban J connectivity index is 1.67. The quantitative estimate of drug-likeness (QED) is 0.660. The number of fused-ring (bicyclic) bond motifs is 2. The van der Waals surface area contributed by atoms with E-state index in [1.54, 1.807) is 0 Å².